The molecule has 0 radical (unpaired) electrons. The Hall–Kier alpha value is -5.86. The third kappa shape index (κ3) is 3.57. The molecule has 0 N–H and O–H groups in total. The number of aromatic nitrogens is 2. The molecule has 2 aromatic heterocycles. The SMILES string of the molecule is c1ccc(-n2c3ccccc3c3cc(-c4ccc5c6ccccc6n(-c6ccc7c(c6)Cc6ccccc6-7)c5c4)ccc32)cc1. The van der Waals surface area contributed by atoms with E-state index >= 15 is 0 Å². The summed E-state index contributed by atoms with van der Waals surface area (Å²) in [5.74, 6) is 0. The lowest BCUT2D eigenvalue weighted by Crippen LogP contribution is -1.95. The Labute approximate surface area is 261 Å². The summed E-state index contributed by atoms with van der Waals surface area (Å²) in [5.41, 5.74) is 15.3. The number of rotatable bonds is 3. The standard InChI is InChI=1S/C43H28N2/c1-2-11-32(12-3-1)44-41-17-9-7-15-37(41)39-26-28(19-23-42(39)44)29-18-21-38-36-14-6-8-16-40(36)45(43(38)27-29)33-20-22-35-31(25-33)24-30-10-4-5-13-34(30)35/h1-23,25-27H,24H2. The van der Waals surface area contributed by atoms with Gasteiger partial charge in [0.2, 0.25) is 0 Å². The van der Waals surface area contributed by atoms with E-state index in [0.29, 0.717) is 0 Å². The second-order valence-electron chi connectivity index (χ2n) is 12.2. The molecule has 1 aliphatic carbocycles. The minimum Gasteiger partial charge on any atom is -0.309 e. The summed E-state index contributed by atoms with van der Waals surface area (Å²) >= 11 is 0. The lowest BCUT2D eigenvalue weighted by Gasteiger charge is -2.11. The molecule has 9 aromatic rings. The van der Waals surface area contributed by atoms with Gasteiger partial charge in [-0.25, -0.2) is 0 Å². The van der Waals surface area contributed by atoms with Crippen LogP contribution in [0.2, 0.25) is 0 Å². The molecule has 1 aliphatic rings. The number of benzene rings is 7. The minimum absolute atomic E-state index is 0.984. The van der Waals surface area contributed by atoms with Crippen LogP contribution >= 0.6 is 0 Å². The van der Waals surface area contributed by atoms with Crippen molar-refractivity contribution in [2.75, 3.05) is 0 Å². The van der Waals surface area contributed by atoms with E-state index in [2.05, 4.69) is 167 Å². The number of hydrogen-bond acceptors (Lipinski definition) is 0. The van der Waals surface area contributed by atoms with Crippen LogP contribution in [0, 0.1) is 0 Å². The Morgan fingerprint density at radius 3 is 1.78 bits per heavy atom. The zero-order chi connectivity index (χ0) is 29.5. The van der Waals surface area contributed by atoms with Crippen molar-refractivity contribution < 1.29 is 0 Å². The lowest BCUT2D eigenvalue weighted by atomic mass is 10.0. The summed E-state index contributed by atoms with van der Waals surface area (Å²) in [6.07, 6.45) is 0.984. The van der Waals surface area contributed by atoms with E-state index in [9.17, 15) is 0 Å². The molecule has 45 heavy (non-hydrogen) atoms. The molecule has 0 bridgehead atoms. The highest BCUT2D eigenvalue weighted by Crippen LogP contribution is 2.41. The highest BCUT2D eigenvalue weighted by molar-refractivity contribution is 6.12. The largest absolute Gasteiger partial charge is 0.309 e. The van der Waals surface area contributed by atoms with Gasteiger partial charge in [0.1, 0.15) is 0 Å². The van der Waals surface area contributed by atoms with Crippen LogP contribution in [0.4, 0.5) is 0 Å². The zero-order valence-corrected chi connectivity index (χ0v) is 24.6. The van der Waals surface area contributed by atoms with Gasteiger partial charge in [-0.3, -0.25) is 0 Å². The molecule has 10 rings (SSSR count). The zero-order valence-electron chi connectivity index (χ0n) is 24.6. The van der Waals surface area contributed by atoms with Gasteiger partial charge in [0.15, 0.2) is 0 Å². The van der Waals surface area contributed by atoms with Crippen molar-refractivity contribution in [3.05, 3.63) is 169 Å². The number of para-hydroxylation sites is 3. The van der Waals surface area contributed by atoms with Gasteiger partial charge in [0.25, 0.3) is 0 Å². The van der Waals surface area contributed by atoms with Gasteiger partial charge in [-0.2, -0.15) is 0 Å². The first-order valence-electron chi connectivity index (χ1n) is 15.7. The van der Waals surface area contributed by atoms with Gasteiger partial charge in [-0.1, -0.05) is 103 Å². The second kappa shape index (κ2) is 9.32. The smallest absolute Gasteiger partial charge is 0.0547 e. The van der Waals surface area contributed by atoms with E-state index in [1.54, 1.807) is 0 Å². The molecule has 0 saturated carbocycles. The average Bonchev–Trinajstić information content (AvgIpc) is 3.75. The third-order valence-electron chi connectivity index (χ3n) is 9.73. The van der Waals surface area contributed by atoms with Crippen LogP contribution in [0.3, 0.4) is 0 Å². The fourth-order valence-corrected chi connectivity index (χ4v) is 7.71. The fraction of sp³-hybridized carbons (Fsp3) is 0.0233. The van der Waals surface area contributed by atoms with Crippen LogP contribution in [0.1, 0.15) is 11.1 Å². The van der Waals surface area contributed by atoms with Gasteiger partial charge in [-0.15, -0.1) is 0 Å². The summed E-state index contributed by atoms with van der Waals surface area (Å²) in [6.45, 7) is 0. The predicted molar refractivity (Wildman–Crippen MR) is 189 cm³/mol. The van der Waals surface area contributed by atoms with Crippen molar-refractivity contribution in [3.8, 4) is 33.6 Å². The first kappa shape index (κ1) is 24.6. The van der Waals surface area contributed by atoms with Gasteiger partial charge in [0.05, 0.1) is 22.1 Å². The maximum absolute atomic E-state index is 2.46. The van der Waals surface area contributed by atoms with Crippen LogP contribution in [0.15, 0.2) is 158 Å². The molecule has 0 fully saturated rings. The van der Waals surface area contributed by atoms with Gasteiger partial charge < -0.3 is 9.13 Å². The summed E-state index contributed by atoms with van der Waals surface area (Å²) in [7, 11) is 0. The molecule has 210 valence electrons. The quantitative estimate of drug-likeness (QED) is 0.199. The first-order chi connectivity index (χ1) is 22.3. The van der Waals surface area contributed by atoms with Crippen molar-refractivity contribution >= 4 is 43.6 Å². The van der Waals surface area contributed by atoms with Crippen LogP contribution < -0.4 is 0 Å². The Balaban J connectivity index is 1.17. The average molecular weight is 573 g/mol. The van der Waals surface area contributed by atoms with Gasteiger partial charge >= 0.3 is 0 Å². The summed E-state index contributed by atoms with van der Waals surface area (Å²) in [6, 6.07) is 57.9. The maximum atomic E-state index is 2.46. The van der Waals surface area contributed by atoms with Gasteiger partial charge in [-0.05, 0) is 94.4 Å². The molecule has 2 nitrogen and oxygen atoms in total. The number of hydrogen-bond donors (Lipinski definition) is 0. The van der Waals surface area contributed by atoms with Crippen LogP contribution in [0.25, 0.3) is 77.2 Å². The third-order valence-corrected chi connectivity index (χ3v) is 9.73. The van der Waals surface area contributed by atoms with E-state index in [-0.39, 0.29) is 0 Å². The lowest BCUT2D eigenvalue weighted by molar-refractivity contribution is 1.16. The molecule has 7 aromatic carbocycles. The van der Waals surface area contributed by atoms with Crippen molar-refractivity contribution in [2.24, 2.45) is 0 Å². The fourth-order valence-electron chi connectivity index (χ4n) is 7.71. The molecule has 0 unspecified atom stereocenters. The van der Waals surface area contributed by atoms with Crippen LogP contribution in [-0.2, 0) is 6.42 Å². The Morgan fingerprint density at radius 1 is 0.333 bits per heavy atom. The predicted octanol–water partition coefficient (Wildman–Crippen LogP) is 11.1. The summed E-state index contributed by atoms with van der Waals surface area (Å²) < 4.78 is 4.83. The Bertz CT molecular complexity index is 2620. The minimum atomic E-state index is 0.984. The Morgan fingerprint density at radius 2 is 0.933 bits per heavy atom. The van der Waals surface area contributed by atoms with E-state index in [4.69, 9.17) is 0 Å². The van der Waals surface area contributed by atoms with Crippen molar-refractivity contribution in [1.29, 1.82) is 0 Å². The first-order valence-corrected chi connectivity index (χ1v) is 15.7. The normalized spacial score (nSPS) is 12.4. The Kier molecular flexibility index (Phi) is 5.09. The van der Waals surface area contributed by atoms with E-state index in [1.807, 2.05) is 0 Å². The molecule has 0 spiro atoms. The van der Waals surface area contributed by atoms with E-state index in [0.717, 1.165) is 6.42 Å². The van der Waals surface area contributed by atoms with Crippen molar-refractivity contribution in [2.45, 2.75) is 6.42 Å². The molecule has 0 atom stereocenters. The molecule has 2 heterocycles. The summed E-state index contributed by atoms with van der Waals surface area (Å²) in [4.78, 5) is 0. The van der Waals surface area contributed by atoms with Crippen molar-refractivity contribution in [3.63, 3.8) is 0 Å². The van der Waals surface area contributed by atoms with Crippen molar-refractivity contribution in [1.82, 2.24) is 9.13 Å². The number of fused-ring (bicyclic) bond motifs is 9. The monoisotopic (exact) mass is 572 g/mol. The highest BCUT2D eigenvalue weighted by atomic mass is 15.0. The van der Waals surface area contributed by atoms with Crippen LogP contribution in [0.5, 0.6) is 0 Å². The summed E-state index contributed by atoms with van der Waals surface area (Å²) in [5, 5.41) is 5.10. The molecular weight excluding hydrogens is 544 g/mol. The molecule has 0 aliphatic heterocycles. The molecule has 0 saturated heterocycles. The maximum Gasteiger partial charge on any atom is 0.0547 e. The molecule has 2 heteroatoms. The topological polar surface area (TPSA) is 9.86 Å². The molecular formula is C43H28N2. The van der Waals surface area contributed by atoms with Gasteiger partial charge in [0, 0.05) is 32.9 Å². The van der Waals surface area contributed by atoms with E-state index in [1.165, 1.54) is 88.4 Å². The number of nitrogens with zero attached hydrogens (tertiary/aromatic N) is 2. The highest BCUT2D eigenvalue weighted by Gasteiger charge is 2.20. The van der Waals surface area contributed by atoms with Crippen LogP contribution in [-0.4, -0.2) is 9.13 Å². The molecule has 0 amide bonds. The van der Waals surface area contributed by atoms with E-state index < -0.39 is 0 Å². The second-order valence-corrected chi connectivity index (χ2v) is 12.2.